The fraction of sp³-hybridized carbons (Fsp3) is 0.250. The summed E-state index contributed by atoms with van der Waals surface area (Å²) in [4.78, 5) is 7.94. The van der Waals surface area contributed by atoms with Gasteiger partial charge in [-0.3, -0.25) is 0 Å². The molecule has 0 aliphatic rings. The van der Waals surface area contributed by atoms with Crippen LogP contribution in [0, 0.1) is 6.92 Å². The number of rotatable bonds is 1. The van der Waals surface area contributed by atoms with Gasteiger partial charge >= 0.3 is 0 Å². The molecule has 62 valence electrons. The third kappa shape index (κ3) is 0.922. The van der Waals surface area contributed by atoms with Crippen molar-refractivity contribution in [3.05, 3.63) is 18.2 Å². The van der Waals surface area contributed by atoms with Crippen LogP contribution in [0.1, 0.15) is 5.76 Å². The Morgan fingerprint density at radius 2 is 2.25 bits per heavy atom. The van der Waals surface area contributed by atoms with Crippen molar-refractivity contribution in [2.24, 2.45) is 0 Å². The summed E-state index contributed by atoms with van der Waals surface area (Å²) in [6.45, 7) is 1.86. The molecule has 0 aromatic carbocycles. The number of methoxy groups -OCH3 is 1. The van der Waals surface area contributed by atoms with E-state index >= 15 is 0 Å². The van der Waals surface area contributed by atoms with Gasteiger partial charge in [0.2, 0.25) is 5.58 Å². The highest BCUT2D eigenvalue weighted by Gasteiger charge is 2.07. The first kappa shape index (κ1) is 7.09. The molecule has 2 heterocycles. The molecule has 0 atom stereocenters. The standard InChI is InChI=1S/C8H8N2O2/c1-5-3-6-7(12-5)8(11-2)10-4-9-6/h3-4H,1-2H3. The molecule has 0 aliphatic heterocycles. The topological polar surface area (TPSA) is 48.2 Å². The van der Waals surface area contributed by atoms with Gasteiger partial charge in [-0.05, 0) is 6.92 Å². The minimum atomic E-state index is 0.480. The Balaban J connectivity index is 2.78. The molecular weight excluding hydrogens is 156 g/mol. The van der Waals surface area contributed by atoms with E-state index < -0.39 is 0 Å². The summed E-state index contributed by atoms with van der Waals surface area (Å²) in [5.41, 5.74) is 1.39. The van der Waals surface area contributed by atoms with Gasteiger partial charge in [-0.15, -0.1) is 0 Å². The van der Waals surface area contributed by atoms with Crippen molar-refractivity contribution in [2.45, 2.75) is 6.92 Å². The average Bonchev–Trinajstić information content (AvgIpc) is 2.44. The van der Waals surface area contributed by atoms with Crippen molar-refractivity contribution in [1.82, 2.24) is 9.97 Å². The Bertz CT molecular complexity index is 408. The maximum absolute atomic E-state index is 5.34. The van der Waals surface area contributed by atoms with Gasteiger partial charge in [-0.25, -0.2) is 4.98 Å². The second kappa shape index (κ2) is 2.48. The van der Waals surface area contributed by atoms with E-state index in [0.29, 0.717) is 11.5 Å². The van der Waals surface area contributed by atoms with E-state index in [9.17, 15) is 0 Å². The lowest BCUT2D eigenvalue weighted by Gasteiger charge is -1.95. The number of hydrogen-bond donors (Lipinski definition) is 0. The van der Waals surface area contributed by atoms with Crippen LogP contribution in [-0.2, 0) is 0 Å². The average molecular weight is 164 g/mol. The van der Waals surface area contributed by atoms with Crippen LogP contribution in [0.4, 0.5) is 0 Å². The van der Waals surface area contributed by atoms with E-state index in [4.69, 9.17) is 9.15 Å². The molecule has 2 aromatic rings. The fourth-order valence-corrected chi connectivity index (χ4v) is 1.10. The molecule has 2 aromatic heterocycles. The van der Waals surface area contributed by atoms with Gasteiger partial charge in [0.1, 0.15) is 17.6 Å². The van der Waals surface area contributed by atoms with Crippen molar-refractivity contribution >= 4 is 11.1 Å². The molecule has 0 radical (unpaired) electrons. The smallest absolute Gasteiger partial charge is 0.261 e. The van der Waals surface area contributed by atoms with Crippen LogP contribution >= 0.6 is 0 Å². The fourth-order valence-electron chi connectivity index (χ4n) is 1.10. The lowest BCUT2D eigenvalue weighted by molar-refractivity contribution is 0.391. The number of fused-ring (bicyclic) bond motifs is 1. The second-order valence-corrected chi connectivity index (χ2v) is 2.45. The van der Waals surface area contributed by atoms with E-state index in [0.717, 1.165) is 11.3 Å². The highest BCUT2D eigenvalue weighted by molar-refractivity contribution is 5.77. The van der Waals surface area contributed by atoms with E-state index in [1.165, 1.54) is 6.33 Å². The summed E-state index contributed by atoms with van der Waals surface area (Å²) >= 11 is 0. The van der Waals surface area contributed by atoms with Gasteiger partial charge in [0.05, 0.1) is 7.11 Å². The van der Waals surface area contributed by atoms with Crippen molar-refractivity contribution in [2.75, 3.05) is 7.11 Å². The molecule has 4 heteroatoms. The maximum atomic E-state index is 5.34. The quantitative estimate of drug-likeness (QED) is 0.641. The number of nitrogens with zero attached hydrogens (tertiary/aromatic N) is 2. The lowest BCUT2D eigenvalue weighted by atomic mass is 10.4. The molecule has 0 amide bonds. The summed E-state index contributed by atoms with van der Waals surface area (Å²) in [6.07, 6.45) is 1.45. The van der Waals surface area contributed by atoms with Crippen LogP contribution in [0.15, 0.2) is 16.8 Å². The summed E-state index contributed by atoms with van der Waals surface area (Å²) in [6, 6.07) is 1.85. The van der Waals surface area contributed by atoms with Gasteiger partial charge < -0.3 is 9.15 Å². The Labute approximate surface area is 69.2 Å². The van der Waals surface area contributed by atoms with Gasteiger partial charge in [-0.1, -0.05) is 0 Å². The minimum absolute atomic E-state index is 0.480. The van der Waals surface area contributed by atoms with Crippen molar-refractivity contribution in [3.63, 3.8) is 0 Å². The second-order valence-electron chi connectivity index (χ2n) is 2.45. The third-order valence-electron chi connectivity index (χ3n) is 1.60. The monoisotopic (exact) mass is 164 g/mol. The number of aromatic nitrogens is 2. The van der Waals surface area contributed by atoms with E-state index in [-0.39, 0.29) is 0 Å². The number of aryl methyl sites for hydroxylation is 1. The van der Waals surface area contributed by atoms with Crippen LogP contribution in [0.5, 0.6) is 5.88 Å². The van der Waals surface area contributed by atoms with Crippen LogP contribution in [-0.4, -0.2) is 17.1 Å². The molecule has 0 saturated heterocycles. The first-order valence-electron chi connectivity index (χ1n) is 3.56. The summed E-state index contributed by atoms with van der Waals surface area (Å²) in [5, 5.41) is 0. The third-order valence-corrected chi connectivity index (χ3v) is 1.60. The Morgan fingerprint density at radius 1 is 1.42 bits per heavy atom. The zero-order valence-electron chi connectivity index (χ0n) is 6.87. The predicted octanol–water partition coefficient (Wildman–Crippen LogP) is 1.54. The number of furan rings is 1. The van der Waals surface area contributed by atoms with Crippen molar-refractivity contribution < 1.29 is 9.15 Å². The van der Waals surface area contributed by atoms with Gasteiger partial charge in [0, 0.05) is 6.07 Å². The van der Waals surface area contributed by atoms with E-state index in [1.807, 2.05) is 13.0 Å². The van der Waals surface area contributed by atoms with Gasteiger partial charge in [0.15, 0.2) is 0 Å². The summed E-state index contributed by atoms with van der Waals surface area (Å²) in [7, 11) is 1.56. The molecule has 2 rings (SSSR count). The first-order valence-corrected chi connectivity index (χ1v) is 3.56. The van der Waals surface area contributed by atoms with Crippen LogP contribution in [0.3, 0.4) is 0 Å². The molecule has 12 heavy (non-hydrogen) atoms. The molecule has 0 fully saturated rings. The Kier molecular flexibility index (Phi) is 1.46. The Hall–Kier alpha value is -1.58. The highest BCUT2D eigenvalue weighted by atomic mass is 16.5. The lowest BCUT2D eigenvalue weighted by Crippen LogP contribution is -1.87. The van der Waals surface area contributed by atoms with Crippen molar-refractivity contribution in [1.29, 1.82) is 0 Å². The predicted molar refractivity (Wildman–Crippen MR) is 43.1 cm³/mol. The zero-order valence-corrected chi connectivity index (χ0v) is 6.87. The van der Waals surface area contributed by atoms with Crippen LogP contribution < -0.4 is 4.74 Å². The molecule has 4 nitrogen and oxygen atoms in total. The van der Waals surface area contributed by atoms with Crippen LogP contribution in [0.2, 0.25) is 0 Å². The molecule has 0 unspecified atom stereocenters. The summed E-state index contributed by atoms with van der Waals surface area (Å²) in [5.74, 6) is 1.29. The number of hydrogen-bond acceptors (Lipinski definition) is 4. The van der Waals surface area contributed by atoms with Gasteiger partial charge in [-0.2, -0.15) is 4.98 Å². The maximum Gasteiger partial charge on any atom is 0.261 e. The van der Waals surface area contributed by atoms with Crippen molar-refractivity contribution in [3.8, 4) is 5.88 Å². The molecule has 0 bridgehead atoms. The molecule has 0 N–H and O–H groups in total. The molecular formula is C8H8N2O2. The van der Waals surface area contributed by atoms with Crippen LogP contribution in [0.25, 0.3) is 11.1 Å². The normalized spacial score (nSPS) is 10.5. The highest BCUT2D eigenvalue weighted by Crippen LogP contribution is 2.23. The molecule has 0 aliphatic carbocycles. The Morgan fingerprint density at radius 3 is 3.00 bits per heavy atom. The first-order chi connectivity index (χ1) is 5.81. The molecule has 0 saturated carbocycles. The largest absolute Gasteiger partial charge is 0.478 e. The summed E-state index contributed by atoms with van der Waals surface area (Å²) < 4.78 is 10.3. The zero-order chi connectivity index (χ0) is 8.55. The van der Waals surface area contributed by atoms with E-state index in [1.54, 1.807) is 7.11 Å². The minimum Gasteiger partial charge on any atom is -0.478 e. The van der Waals surface area contributed by atoms with E-state index in [2.05, 4.69) is 9.97 Å². The van der Waals surface area contributed by atoms with Gasteiger partial charge in [0.25, 0.3) is 5.88 Å². The number of ether oxygens (including phenoxy) is 1. The molecule has 0 spiro atoms. The SMILES string of the molecule is COc1ncnc2cc(C)oc12.